The number of aromatic nitrogens is 1. The first-order valence-corrected chi connectivity index (χ1v) is 5.13. The number of rotatable bonds is 1. The Morgan fingerprint density at radius 3 is 2.67 bits per heavy atom. The Morgan fingerprint density at radius 1 is 1.47 bits per heavy atom. The maximum Gasteiger partial charge on any atom is 0.254 e. The quantitative estimate of drug-likeness (QED) is 0.726. The lowest BCUT2D eigenvalue weighted by molar-refractivity contribution is 0.0786. The molecule has 2 unspecified atom stereocenters. The molecule has 0 saturated carbocycles. The van der Waals surface area contributed by atoms with Crippen LogP contribution in [0.25, 0.3) is 0 Å². The van der Waals surface area contributed by atoms with Crippen LogP contribution in [-0.2, 0) is 0 Å². The van der Waals surface area contributed by atoms with Gasteiger partial charge in [-0.2, -0.15) is 0 Å². The molecular formula is C11H15N3O. The minimum Gasteiger partial charge on any atom is -0.337 e. The molecule has 1 aromatic rings. The highest BCUT2D eigenvalue weighted by Gasteiger charge is 2.30. The van der Waals surface area contributed by atoms with Crippen molar-refractivity contribution in [3.05, 3.63) is 30.1 Å². The van der Waals surface area contributed by atoms with Crippen LogP contribution in [0.2, 0.25) is 0 Å². The second kappa shape index (κ2) is 3.98. The molecule has 4 heteroatoms. The highest BCUT2D eigenvalue weighted by atomic mass is 16.2. The summed E-state index contributed by atoms with van der Waals surface area (Å²) in [5, 5.41) is 0. The number of nitrogens with two attached hydrogens (primary N) is 1. The molecule has 0 spiro atoms. The summed E-state index contributed by atoms with van der Waals surface area (Å²) in [5.74, 6) is 0.438. The zero-order valence-corrected chi connectivity index (χ0v) is 8.76. The third-order valence-corrected chi connectivity index (χ3v) is 2.88. The summed E-state index contributed by atoms with van der Waals surface area (Å²) in [5.41, 5.74) is 6.56. The Morgan fingerprint density at radius 2 is 2.13 bits per heavy atom. The molecule has 2 N–H and O–H groups in total. The summed E-state index contributed by atoms with van der Waals surface area (Å²) < 4.78 is 0. The largest absolute Gasteiger partial charge is 0.337 e. The SMILES string of the molecule is CC1CN(C(=O)c2ccncc2)CC1N. The van der Waals surface area contributed by atoms with Crippen molar-refractivity contribution < 1.29 is 4.79 Å². The minimum absolute atomic E-state index is 0.0530. The summed E-state index contributed by atoms with van der Waals surface area (Å²) in [7, 11) is 0. The van der Waals surface area contributed by atoms with Crippen molar-refractivity contribution in [2.75, 3.05) is 13.1 Å². The van der Waals surface area contributed by atoms with E-state index in [1.807, 2.05) is 4.90 Å². The topological polar surface area (TPSA) is 59.2 Å². The molecule has 1 saturated heterocycles. The molecule has 1 aliphatic heterocycles. The summed E-state index contributed by atoms with van der Waals surface area (Å²) >= 11 is 0. The first-order valence-electron chi connectivity index (χ1n) is 5.13. The Labute approximate surface area is 89.1 Å². The summed E-state index contributed by atoms with van der Waals surface area (Å²) in [4.78, 5) is 17.7. The Kier molecular flexibility index (Phi) is 2.68. The maximum atomic E-state index is 12.0. The lowest BCUT2D eigenvalue weighted by atomic mass is 10.1. The van der Waals surface area contributed by atoms with Gasteiger partial charge in [0.25, 0.3) is 5.91 Å². The van der Waals surface area contributed by atoms with Crippen LogP contribution in [0.3, 0.4) is 0 Å². The van der Waals surface area contributed by atoms with E-state index in [9.17, 15) is 4.79 Å². The van der Waals surface area contributed by atoms with Gasteiger partial charge in [-0.05, 0) is 18.1 Å². The van der Waals surface area contributed by atoms with Crippen molar-refractivity contribution in [1.29, 1.82) is 0 Å². The maximum absolute atomic E-state index is 12.0. The van der Waals surface area contributed by atoms with E-state index >= 15 is 0 Å². The molecule has 2 atom stereocenters. The van der Waals surface area contributed by atoms with Gasteiger partial charge in [-0.15, -0.1) is 0 Å². The Bertz CT molecular complexity index is 342. The fourth-order valence-corrected chi connectivity index (χ4v) is 1.83. The van der Waals surface area contributed by atoms with Crippen molar-refractivity contribution in [3.63, 3.8) is 0 Å². The number of pyridine rings is 1. The van der Waals surface area contributed by atoms with Crippen molar-refractivity contribution >= 4 is 5.91 Å². The number of likely N-dealkylation sites (tertiary alicyclic amines) is 1. The van der Waals surface area contributed by atoms with Gasteiger partial charge in [0, 0.05) is 37.1 Å². The predicted molar refractivity (Wildman–Crippen MR) is 57.3 cm³/mol. The summed E-state index contributed by atoms with van der Waals surface area (Å²) in [6.07, 6.45) is 3.26. The van der Waals surface area contributed by atoms with Crippen LogP contribution in [-0.4, -0.2) is 34.9 Å². The van der Waals surface area contributed by atoms with E-state index in [-0.39, 0.29) is 11.9 Å². The fraction of sp³-hybridized carbons (Fsp3) is 0.455. The van der Waals surface area contributed by atoms with E-state index in [4.69, 9.17) is 5.73 Å². The molecule has 2 heterocycles. The van der Waals surface area contributed by atoms with Gasteiger partial charge in [-0.25, -0.2) is 0 Å². The molecule has 0 aromatic carbocycles. The van der Waals surface area contributed by atoms with E-state index in [1.165, 1.54) is 0 Å². The lowest BCUT2D eigenvalue weighted by Crippen LogP contribution is -2.32. The number of carbonyl (C=O) groups is 1. The second-order valence-corrected chi connectivity index (χ2v) is 4.09. The molecule has 1 aromatic heterocycles. The normalized spacial score (nSPS) is 25.6. The number of hydrogen-bond donors (Lipinski definition) is 1. The lowest BCUT2D eigenvalue weighted by Gasteiger charge is -2.15. The van der Waals surface area contributed by atoms with Crippen molar-refractivity contribution in [3.8, 4) is 0 Å². The molecule has 80 valence electrons. The van der Waals surface area contributed by atoms with E-state index in [0.29, 0.717) is 18.0 Å². The minimum atomic E-state index is 0.0530. The third-order valence-electron chi connectivity index (χ3n) is 2.88. The first-order chi connectivity index (χ1) is 7.18. The van der Waals surface area contributed by atoms with Crippen LogP contribution in [0.5, 0.6) is 0 Å². The molecule has 1 amide bonds. The molecule has 0 aliphatic carbocycles. The summed E-state index contributed by atoms with van der Waals surface area (Å²) in [6.45, 7) is 3.48. The van der Waals surface area contributed by atoms with Gasteiger partial charge in [0.05, 0.1) is 0 Å². The Hall–Kier alpha value is -1.42. The molecule has 15 heavy (non-hydrogen) atoms. The molecule has 0 bridgehead atoms. The average Bonchev–Trinajstić information content (AvgIpc) is 2.59. The highest BCUT2D eigenvalue weighted by molar-refractivity contribution is 5.94. The van der Waals surface area contributed by atoms with Crippen LogP contribution in [0.4, 0.5) is 0 Å². The van der Waals surface area contributed by atoms with Gasteiger partial charge in [0.2, 0.25) is 0 Å². The van der Waals surface area contributed by atoms with Gasteiger partial charge in [0.1, 0.15) is 0 Å². The van der Waals surface area contributed by atoms with E-state index in [1.54, 1.807) is 24.5 Å². The van der Waals surface area contributed by atoms with Gasteiger partial charge in [-0.1, -0.05) is 6.92 Å². The predicted octanol–water partition coefficient (Wildman–Crippen LogP) is 0.501. The zero-order valence-electron chi connectivity index (χ0n) is 8.76. The molecule has 1 fully saturated rings. The van der Waals surface area contributed by atoms with E-state index < -0.39 is 0 Å². The van der Waals surface area contributed by atoms with Gasteiger partial charge in [-0.3, -0.25) is 9.78 Å². The average molecular weight is 205 g/mol. The zero-order chi connectivity index (χ0) is 10.8. The first kappa shape index (κ1) is 10.1. The fourth-order valence-electron chi connectivity index (χ4n) is 1.83. The van der Waals surface area contributed by atoms with Crippen LogP contribution in [0.15, 0.2) is 24.5 Å². The summed E-state index contributed by atoms with van der Waals surface area (Å²) in [6, 6.07) is 3.57. The molecule has 4 nitrogen and oxygen atoms in total. The number of hydrogen-bond acceptors (Lipinski definition) is 3. The number of amides is 1. The van der Waals surface area contributed by atoms with Gasteiger partial charge in [0.15, 0.2) is 0 Å². The van der Waals surface area contributed by atoms with Gasteiger partial charge < -0.3 is 10.6 Å². The van der Waals surface area contributed by atoms with E-state index in [2.05, 4.69) is 11.9 Å². The number of nitrogens with zero attached hydrogens (tertiary/aromatic N) is 2. The van der Waals surface area contributed by atoms with Crippen LogP contribution in [0, 0.1) is 5.92 Å². The van der Waals surface area contributed by atoms with Crippen molar-refractivity contribution in [1.82, 2.24) is 9.88 Å². The van der Waals surface area contributed by atoms with Crippen LogP contribution in [0.1, 0.15) is 17.3 Å². The van der Waals surface area contributed by atoms with Crippen LogP contribution >= 0.6 is 0 Å². The van der Waals surface area contributed by atoms with Crippen LogP contribution < -0.4 is 5.73 Å². The van der Waals surface area contributed by atoms with E-state index in [0.717, 1.165) is 6.54 Å². The highest BCUT2D eigenvalue weighted by Crippen LogP contribution is 2.16. The second-order valence-electron chi connectivity index (χ2n) is 4.09. The van der Waals surface area contributed by atoms with Crippen molar-refractivity contribution in [2.45, 2.75) is 13.0 Å². The molecular weight excluding hydrogens is 190 g/mol. The standard InChI is InChI=1S/C11H15N3O/c1-8-6-14(7-10(8)12)11(15)9-2-4-13-5-3-9/h2-5,8,10H,6-7,12H2,1H3. The molecule has 1 aliphatic rings. The van der Waals surface area contributed by atoms with Crippen molar-refractivity contribution in [2.24, 2.45) is 11.7 Å². The smallest absolute Gasteiger partial charge is 0.254 e. The van der Waals surface area contributed by atoms with Gasteiger partial charge >= 0.3 is 0 Å². The molecule has 0 radical (unpaired) electrons. The Balaban J connectivity index is 2.10. The molecule has 2 rings (SSSR count). The number of carbonyl (C=O) groups excluding carboxylic acids is 1. The monoisotopic (exact) mass is 205 g/mol. The third kappa shape index (κ3) is 1.99.